The highest BCUT2D eigenvalue weighted by Crippen LogP contribution is 2.22. The summed E-state index contributed by atoms with van der Waals surface area (Å²) in [6.45, 7) is 4.20. The van der Waals surface area contributed by atoms with Gasteiger partial charge in [-0.15, -0.1) is 0 Å². The number of aromatic nitrogens is 2. The molecule has 0 bridgehead atoms. The highest BCUT2D eigenvalue weighted by molar-refractivity contribution is 6.31. The molecule has 0 aliphatic carbocycles. The second kappa shape index (κ2) is 6.51. The van der Waals surface area contributed by atoms with E-state index >= 15 is 0 Å². The summed E-state index contributed by atoms with van der Waals surface area (Å²) in [5.74, 6) is 0.595. The maximum absolute atomic E-state index is 13.8. The first-order chi connectivity index (χ1) is 9.45. The van der Waals surface area contributed by atoms with Crippen molar-refractivity contribution in [1.29, 1.82) is 0 Å². The van der Waals surface area contributed by atoms with Crippen molar-refractivity contribution in [2.45, 2.75) is 26.7 Å². The molecule has 0 aliphatic rings. The van der Waals surface area contributed by atoms with E-state index in [0.717, 1.165) is 12.1 Å². The lowest BCUT2D eigenvalue weighted by atomic mass is 10.1. The molecular weight excluding hydrogens is 298 g/mol. The third-order valence-corrected chi connectivity index (χ3v) is 3.36. The Bertz CT molecular complexity index is 595. The molecule has 0 aliphatic heterocycles. The van der Waals surface area contributed by atoms with Gasteiger partial charge in [-0.1, -0.05) is 43.1 Å². The molecule has 2 rings (SSSR count). The standard InChI is InChI=1S/C15H15Cl2FN2/c1-9(2)6-10-7-14(17)20-15(19-10)8-11-12(16)4-3-5-13(11)18/h3-5,7,9H,6,8H2,1-2H3. The van der Waals surface area contributed by atoms with Crippen LogP contribution in [-0.2, 0) is 12.8 Å². The van der Waals surface area contributed by atoms with Gasteiger partial charge in [0, 0.05) is 22.7 Å². The van der Waals surface area contributed by atoms with Crippen molar-refractivity contribution in [1.82, 2.24) is 9.97 Å². The number of hydrogen-bond acceptors (Lipinski definition) is 2. The Hall–Kier alpha value is -1.19. The van der Waals surface area contributed by atoms with Gasteiger partial charge in [-0.2, -0.15) is 0 Å². The highest BCUT2D eigenvalue weighted by Gasteiger charge is 2.11. The summed E-state index contributed by atoms with van der Waals surface area (Å²) in [5, 5.41) is 0.747. The van der Waals surface area contributed by atoms with E-state index in [4.69, 9.17) is 23.2 Å². The van der Waals surface area contributed by atoms with Crippen LogP contribution in [0.25, 0.3) is 0 Å². The molecule has 2 aromatic rings. The summed E-state index contributed by atoms with van der Waals surface area (Å²) >= 11 is 12.0. The van der Waals surface area contributed by atoms with E-state index in [9.17, 15) is 4.39 Å². The molecule has 0 atom stereocenters. The summed E-state index contributed by atoms with van der Waals surface area (Å²) in [6, 6.07) is 6.35. The van der Waals surface area contributed by atoms with Crippen LogP contribution in [0.3, 0.4) is 0 Å². The third kappa shape index (κ3) is 3.90. The van der Waals surface area contributed by atoms with Gasteiger partial charge in [-0.3, -0.25) is 0 Å². The molecule has 0 saturated heterocycles. The first kappa shape index (κ1) is 15.2. The smallest absolute Gasteiger partial charge is 0.134 e. The zero-order valence-corrected chi connectivity index (χ0v) is 12.8. The van der Waals surface area contributed by atoms with E-state index in [1.165, 1.54) is 6.07 Å². The SMILES string of the molecule is CC(C)Cc1cc(Cl)nc(Cc2c(F)cccc2Cl)n1. The molecule has 0 N–H and O–H groups in total. The minimum Gasteiger partial charge on any atom is -0.237 e. The summed E-state index contributed by atoms with van der Waals surface area (Å²) < 4.78 is 13.8. The van der Waals surface area contributed by atoms with E-state index in [0.29, 0.717) is 27.5 Å². The fourth-order valence-electron chi connectivity index (χ4n) is 1.98. The Morgan fingerprint density at radius 2 is 1.95 bits per heavy atom. The molecule has 0 unspecified atom stereocenters. The molecule has 1 aromatic heterocycles. The maximum atomic E-state index is 13.8. The molecule has 0 amide bonds. The van der Waals surface area contributed by atoms with Crippen molar-refractivity contribution in [2.24, 2.45) is 5.92 Å². The van der Waals surface area contributed by atoms with Crippen LogP contribution < -0.4 is 0 Å². The van der Waals surface area contributed by atoms with Gasteiger partial charge in [0.15, 0.2) is 0 Å². The molecule has 2 nitrogen and oxygen atoms in total. The van der Waals surface area contributed by atoms with Gasteiger partial charge in [0.25, 0.3) is 0 Å². The van der Waals surface area contributed by atoms with Gasteiger partial charge in [0.05, 0.1) is 0 Å². The van der Waals surface area contributed by atoms with Gasteiger partial charge in [-0.25, -0.2) is 14.4 Å². The van der Waals surface area contributed by atoms with Crippen molar-refractivity contribution >= 4 is 23.2 Å². The fourth-order valence-corrected chi connectivity index (χ4v) is 2.43. The monoisotopic (exact) mass is 312 g/mol. The number of rotatable bonds is 4. The second-order valence-corrected chi connectivity index (χ2v) is 5.87. The van der Waals surface area contributed by atoms with Crippen LogP contribution in [0.1, 0.15) is 30.9 Å². The largest absolute Gasteiger partial charge is 0.237 e. The molecular formula is C15H15Cl2FN2. The molecule has 106 valence electrons. The van der Waals surface area contributed by atoms with Gasteiger partial charge in [0.2, 0.25) is 0 Å². The third-order valence-electron chi connectivity index (χ3n) is 2.81. The van der Waals surface area contributed by atoms with E-state index in [1.54, 1.807) is 18.2 Å². The summed E-state index contributed by atoms with van der Waals surface area (Å²) in [5.41, 5.74) is 1.26. The van der Waals surface area contributed by atoms with Gasteiger partial charge in [-0.05, 0) is 30.5 Å². The van der Waals surface area contributed by atoms with E-state index in [-0.39, 0.29) is 12.2 Å². The van der Waals surface area contributed by atoms with Crippen LogP contribution in [0.5, 0.6) is 0 Å². The molecule has 0 fully saturated rings. The topological polar surface area (TPSA) is 25.8 Å². The van der Waals surface area contributed by atoms with E-state index < -0.39 is 0 Å². The predicted molar refractivity (Wildman–Crippen MR) is 79.8 cm³/mol. The Morgan fingerprint density at radius 1 is 1.20 bits per heavy atom. The quantitative estimate of drug-likeness (QED) is 0.764. The number of nitrogens with zero attached hydrogens (tertiary/aromatic N) is 2. The van der Waals surface area contributed by atoms with Crippen molar-refractivity contribution < 1.29 is 4.39 Å². The first-order valence-corrected chi connectivity index (χ1v) is 7.16. The maximum Gasteiger partial charge on any atom is 0.134 e. The zero-order valence-electron chi connectivity index (χ0n) is 11.3. The Labute approximate surface area is 128 Å². The van der Waals surface area contributed by atoms with Crippen molar-refractivity contribution in [3.8, 4) is 0 Å². The molecule has 0 radical (unpaired) electrons. The number of hydrogen-bond donors (Lipinski definition) is 0. The van der Waals surface area contributed by atoms with Crippen molar-refractivity contribution in [2.75, 3.05) is 0 Å². The summed E-state index contributed by atoms with van der Waals surface area (Å²) in [7, 11) is 0. The minimum absolute atomic E-state index is 0.233. The van der Waals surface area contributed by atoms with Gasteiger partial charge >= 0.3 is 0 Å². The van der Waals surface area contributed by atoms with E-state index in [2.05, 4.69) is 23.8 Å². The lowest BCUT2D eigenvalue weighted by molar-refractivity contribution is 0.609. The Kier molecular flexibility index (Phi) is 4.95. The van der Waals surface area contributed by atoms with Gasteiger partial charge in [0.1, 0.15) is 16.8 Å². The zero-order chi connectivity index (χ0) is 14.7. The van der Waals surface area contributed by atoms with Gasteiger partial charge < -0.3 is 0 Å². The molecule has 5 heteroatoms. The van der Waals surface area contributed by atoms with Crippen LogP contribution in [0.2, 0.25) is 10.2 Å². The Morgan fingerprint density at radius 3 is 2.60 bits per heavy atom. The van der Waals surface area contributed by atoms with Crippen molar-refractivity contribution in [3.63, 3.8) is 0 Å². The van der Waals surface area contributed by atoms with E-state index in [1.807, 2.05) is 0 Å². The Balaban J connectivity index is 2.31. The molecule has 1 heterocycles. The average molecular weight is 313 g/mol. The normalized spacial score (nSPS) is 11.1. The first-order valence-electron chi connectivity index (χ1n) is 6.41. The average Bonchev–Trinajstić information content (AvgIpc) is 2.32. The molecule has 1 aromatic carbocycles. The fraction of sp³-hybridized carbons (Fsp3) is 0.333. The number of benzene rings is 1. The summed E-state index contributed by atoms with van der Waals surface area (Å²) in [6.07, 6.45) is 1.04. The second-order valence-electron chi connectivity index (χ2n) is 5.07. The molecule has 0 spiro atoms. The molecule has 20 heavy (non-hydrogen) atoms. The van der Waals surface area contributed by atoms with Crippen LogP contribution in [-0.4, -0.2) is 9.97 Å². The van der Waals surface area contributed by atoms with Crippen LogP contribution >= 0.6 is 23.2 Å². The minimum atomic E-state index is -0.355. The lowest BCUT2D eigenvalue weighted by Crippen LogP contribution is -2.05. The number of halogens is 3. The van der Waals surface area contributed by atoms with Crippen LogP contribution in [0, 0.1) is 11.7 Å². The van der Waals surface area contributed by atoms with Crippen LogP contribution in [0.15, 0.2) is 24.3 Å². The van der Waals surface area contributed by atoms with Crippen molar-refractivity contribution in [3.05, 3.63) is 57.3 Å². The predicted octanol–water partition coefficient (Wildman–Crippen LogP) is 4.71. The van der Waals surface area contributed by atoms with Crippen LogP contribution in [0.4, 0.5) is 4.39 Å². The summed E-state index contributed by atoms with van der Waals surface area (Å²) in [4.78, 5) is 8.58. The highest BCUT2D eigenvalue weighted by atomic mass is 35.5. The molecule has 0 saturated carbocycles. The lowest BCUT2D eigenvalue weighted by Gasteiger charge is -2.09.